The van der Waals surface area contributed by atoms with Gasteiger partial charge in [0.1, 0.15) is 0 Å². The molecular formula is C19H23N3O3S. The minimum atomic E-state index is -3.53. The van der Waals surface area contributed by atoms with E-state index >= 15 is 0 Å². The van der Waals surface area contributed by atoms with Crippen LogP contribution in [0.3, 0.4) is 0 Å². The van der Waals surface area contributed by atoms with Gasteiger partial charge < -0.3 is 5.32 Å². The van der Waals surface area contributed by atoms with Gasteiger partial charge in [-0.15, -0.1) is 0 Å². The molecule has 1 amide bonds. The summed E-state index contributed by atoms with van der Waals surface area (Å²) in [4.78, 5) is 16.3. The van der Waals surface area contributed by atoms with Gasteiger partial charge in [-0.1, -0.05) is 19.3 Å². The summed E-state index contributed by atoms with van der Waals surface area (Å²) in [6.07, 6.45) is 8.22. The maximum absolute atomic E-state index is 12.8. The largest absolute Gasteiger partial charge is 0.322 e. The van der Waals surface area contributed by atoms with Gasteiger partial charge in [-0.25, -0.2) is 8.42 Å². The zero-order valence-corrected chi connectivity index (χ0v) is 15.6. The summed E-state index contributed by atoms with van der Waals surface area (Å²) in [5.41, 5.74) is 0.986. The first-order valence-corrected chi connectivity index (χ1v) is 10.2. The molecule has 0 spiro atoms. The molecule has 3 rings (SSSR count). The first-order chi connectivity index (χ1) is 12.5. The van der Waals surface area contributed by atoms with E-state index in [1.807, 2.05) is 0 Å². The molecule has 138 valence electrons. The van der Waals surface area contributed by atoms with Crippen molar-refractivity contribution >= 4 is 21.6 Å². The van der Waals surface area contributed by atoms with E-state index in [4.69, 9.17) is 0 Å². The van der Waals surface area contributed by atoms with E-state index in [-0.39, 0.29) is 16.8 Å². The van der Waals surface area contributed by atoms with Gasteiger partial charge in [0.15, 0.2) is 0 Å². The second-order valence-corrected chi connectivity index (χ2v) is 8.53. The highest BCUT2D eigenvalue weighted by Crippen LogP contribution is 2.27. The smallest absolute Gasteiger partial charge is 0.257 e. The molecule has 1 saturated carbocycles. The van der Waals surface area contributed by atoms with Crippen LogP contribution in [0, 0.1) is 0 Å². The Morgan fingerprint density at radius 1 is 1.12 bits per heavy atom. The van der Waals surface area contributed by atoms with Gasteiger partial charge in [-0.3, -0.25) is 9.78 Å². The number of aromatic nitrogens is 1. The third kappa shape index (κ3) is 4.11. The van der Waals surface area contributed by atoms with Crippen molar-refractivity contribution < 1.29 is 13.2 Å². The summed E-state index contributed by atoms with van der Waals surface area (Å²) in [6, 6.07) is 9.71. The predicted molar refractivity (Wildman–Crippen MR) is 100 cm³/mol. The molecule has 26 heavy (non-hydrogen) atoms. The zero-order valence-electron chi connectivity index (χ0n) is 14.8. The predicted octanol–water partition coefficient (Wildman–Crippen LogP) is 3.29. The molecule has 0 saturated heterocycles. The van der Waals surface area contributed by atoms with Crippen LogP contribution < -0.4 is 5.32 Å². The number of rotatable bonds is 5. The molecule has 1 fully saturated rings. The van der Waals surface area contributed by atoms with E-state index in [9.17, 15) is 13.2 Å². The second-order valence-electron chi connectivity index (χ2n) is 6.53. The van der Waals surface area contributed by atoms with Crippen molar-refractivity contribution in [2.24, 2.45) is 0 Å². The SMILES string of the molecule is CN(C1CCCCC1)S(=O)(=O)c1ccc(NC(=O)c2cccnc2)cc1. The third-order valence-corrected chi connectivity index (χ3v) is 6.73. The Hall–Kier alpha value is -2.25. The van der Waals surface area contributed by atoms with Crippen LogP contribution in [0.4, 0.5) is 5.69 Å². The van der Waals surface area contributed by atoms with Crippen LogP contribution in [0.25, 0.3) is 0 Å². The van der Waals surface area contributed by atoms with Crippen LogP contribution in [0.5, 0.6) is 0 Å². The molecule has 2 aromatic rings. The summed E-state index contributed by atoms with van der Waals surface area (Å²) in [5, 5.41) is 2.74. The van der Waals surface area contributed by atoms with Crippen LogP contribution >= 0.6 is 0 Å². The molecule has 1 aromatic carbocycles. The number of carbonyl (C=O) groups is 1. The summed E-state index contributed by atoms with van der Waals surface area (Å²) in [5.74, 6) is -0.284. The van der Waals surface area contributed by atoms with Gasteiger partial charge in [0.2, 0.25) is 10.0 Å². The van der Waals surface area contributed by atoms with Crippen LogP contribution in [0.1, 0.15) is 42.5 Å². The average molecular weight is 373 g/mol. The van der Waals surface area contributed by atoms with E-state index in [1.165, 1.54) is 29.1 Å². The number of nitrogens with one attached hydrogen (secondary N) is 1. The molecule has 1 N–H and O–H groups in total. The normalized spacial score (nSPS) is 15.8. The summed E-state index contributed by atoms with van der Waals surface area (Å²) in [7, 11) is -1.87. The first-order valence-electron chi connectivity index (χ1n) is 8.78. The van der Waals surface area contributed by atoms with E-state index in [2.05, 4.69) is 10.3 Å². The fourth-order valence-electron chi connectivity index (χ4n) is 3.22. The van der Waals surface area contributed by atoms with Crippen molar-refractivity contribution in [3.63, 3.8) is 0 Å². The monoisotopic (exact) mass is 373 g/mol. The fourth-order valence-corrected chi connectivity index (χ4v) is 4.63. The molecule has 0 atom stereocenters. The highest BCUT2D eigenvalue weighted by Gasteiger charge is 2.28. The minimum absolute atomic E-state index is 0.0682. The molecule has 1 aliphatic rings. The van der Waals surface area contributed by atoms with Crippen LogP contribution in [-0.2, 0) is 10.0 Å². The third-order valence-electron chi connectivity index (χ3n) is 4.80. The zero-order chi connectivity index (χ0) is 18.6. The molecule has 6 nitrogen and oxygen atoms in total. The molecule has 7 heteroatoms. The van der Waals surface area contributed by atoms with Crippen molar-refractivity contribution in [1.29, 1.82) is 0 Å². The van der Waals surface area contributed by atoms with Crippen molar-refractivity contribution in [1.82, 2.24) is 9.29 Å². The molecule has 0 bridgehead atoms. The molecule has 1 aromatic heterocycles. The lowest BCUT2D eigenvalue weighted by Crippen LogP contribution is -2.38. The standard InChI is InChI=1S/C19H23N3O3S/c1-22(17-7-3-2-4-8-17)26(24,25)18-11-9-16(10-12-18)21-19(23)15-6-5-13-20-14-15/h5-6,9-14,17H,2-4,7-8H2,1H3,(H,21,23). The van der Waals surface area contributed by atoms with Crippen molar-refractivity contribution in [3.05, 3.63) is 54.4 Å². The molecule has 1 aliphatic carbocycles. The maximum Gasteiger partial charge on any atom is 0.257 e. The Morgan fingerprint density at radius 3 is 2.42 bits per heavy atom. The highest BCUT2D eigenvalue weighted by molar-refractivity contribution is 7.89. The number of amides is 1. The van der Waals surface area contributed by atoms with Crippen LogP contribution in [-0.4, -0.2) is 36.7 Å². The lowest BCUT2D eigenvalue weighted by Gasteiger charge is -2.30. The Balaban J connectivity index is 1.71. The Bertz CT molecular complexity index is 845. The van der Waals surface area contributed by atoms with Gasteiger partial charge in [-0.05, 0) is 49.2 Å². The van der Waals surface area contributed by atoms with Crippen LogP contribution in [0.15, 0.2) is 53.7 Å². The Morgan fingerprint density at radius 2 is 1.81 bits per heavy atom. The molecule has 0 radical (unpaired) electrons. The van der Waals surface area contributed by atoms with Gasteiger partial charge in [-0.2, -0.15) is 4.31 Å². The van der Waals surface area contributed by atoms with Gasteiger partial charge in [0.25, 0.3) is 5.91 Å². The average Bonchev–Trinajstić information content (AvgIpc) is 2.69. The Labute approximate surface area is 154 Å². The number of hydrogen-bond acceptors (Lipinski definition) is 4. The number of nitrogens with zero attached hydrogens (tertiary/aromatic N) is 2. The molecule has 0 unspecified atom stereocenters. The summed E-state index contributed by atoms with van der Waals surface area (Å²) < 4.78 is 27.1. The van der Waals surface area contributed by atoms with Crippen molar-refractivity contribution in [2.45, 2.75) is 43.0 Å². The summed E-state index contributed by atoms with van der Waals surface area (Å²) >= 11 is 0. The van der Waals surface area contributed by atoms with Gasteiger partial charge in [0.05, 0.1) is 10.5 Å². The molecule has 0 aliphatic heterocycles. The topological polar surface area (TPSA) is 79.4 Å². The van der Waals surface area contributed by atoms with E-state index in [0.717, 1.165) is 25.7 Å². The van der Waals surface area contributed by atoms with E-state index < -0.39 is 10.0 Å². The minimum Gasteiger partial charge on any atom is -0.322 e. The number of anilines is 1. The number of sulfonamides is 1. The number of hydrogen-bond donors (Lipinski definition) is 1. The quantitative estimate of drug-likeness (QED) is 0.872. The number of carbonyl (C=O) groups excluding carboxylic acids is 1. The lowest BCUT2D eigenvalue weighted by atomic mass is 9.96. The number of pyridine rings is 1. The second kappa shape index (κ2) is 7.97. The van der Waals surface area contributed by atoms with E-state index in [0.29, 0.717) is 11.3 Å². The van der Waals surface area contributed by atoms with Crippen molar-refractivity contribution in [3.8, 4) is 0 Å². The van der Waals surface area contributed by atoms with Gasteiger partial charge >= 0.3 is 0 Å². The van der Waals surface area contributed by atoms with Crippen molar-refractivity contribution in [2.75, 3.05) is 12.4 Å². The van der Waals surface area contributed by atoms with Crippen LogP contribution in [0.2, 0.25) is 0 Å². The first kappa shape index (κ1) is 18.5. The molecular weight excluding hydrogens is 350 g/mol. The number of benzene rings is 1. The highest BCUT2D eigenvalue weighted by atomic mass is 32.2. The lowest BCUT2D eigenvalue weighted by molar-refractivity contribution is 0.102. The maximum atomic E-state index is 12.8. The summed E-state index contributed by atoms with van der Waals surface area (Å²) in [6.45, 7) is 0. The van der Waals surface area contributed by atoms with Gasteiger partial charge in [0, 0.05) is 31.2 Å². The van der Waals surface area contributed by atoms with E-state index in [1.54, 1.807) is 37.5 Å². The Kier molecular flexibility index (Phi) is 5.68. The fraction of sp³-hybridized carbons (Fsp3) is 0.368. The molecule has 1 heterocycles.